The molecule has 1 N–H and O–H groups in total. The summed E-state index contributed by atoms with van der Waals surface area (Å²) in [6.07, 6.45) is -1.10. The molecule has 0 spiro atoms. The van der Waals surface area contributed by atoms with Crippen molar-refractivity contribution < 1.29 is 27.9 Å². The third-order valence-corrected chi connectivity index (χ3v) is 4.46. The highest BCUT2D eigenvalue weighted by molar-refractivity contribution is 8.00. The van der Waals surface area contributed by atoms with Gasteiger partial charge in [0.15, 0.2) is 11.9 Å². The van der Waals surface area contributed by atoms with Crippen LogP contribution in [0.25, 0.3) is 0 Å². The molecule has 0 fully saturated rings. The summed E-state index contributed by atoms with van der Waals surface area (Å²) in [5, 5.41) is 2.55. The average Bonchev–Trinajstić information content (AvgIpc) is 2.62. The van der Waals surface area contributed by atoms with Crippen LogP contribution in [0.1, 0.15) is 24.2 Å². The van der Waals surface area contributed by atoms with E-state index in [1.54, 1.807) is 18.2 Å². The quantitative estimate of drug-likeness (QED) is 0.440. The summed E-state index contributed by atoms with van der Waals surface area (Å²) in [6.45, 7) is 2.79. The second-order valence-corrected chi connectivity index (χ2v) is 6.64. The van der Waals surface area contributed by atoms with Gasteiger partial charge in [0.1, 0.15) is 11.6 Å². The van der Waals surface area contributed by atoms with E-state index in [2.05, 4.69) is 5.32 Å². The van der Waals surface area contributed by atoms with E-state index in [4.69, 9.17) is 4.74 Å². The zero-order valence-corrected chi connectivity index (χ0v) is 15.4. The number of benzene rings is 2. The summed E-state index contributed by atoms with van der Waals surface area (Å²) >= 11 is 0.773. The van der Waals surface area contributed by atoms with Crippen LogP contribution in [0, 0.1) is 11.6 Å². The zero-order valence-electron chi connectivity index (χ0n) is 14.6. The molecule has 27 heavy (non-hydrogen) atoms. The van der Waals surface area contributed by atoms with E-state index in [1.807, 2.05) is 0 Å². The Labute approximate surface area is 159 Å². The number of rotatable bonds is 7. The molecule has 0 aromatic heterocycles. The predicted octanol–water partition coefficient (Wildman–Crippen LogP) is 3.83. The van der Waals surface area contributed by atoms with Crippen molar-refractivity contribution in [2.75, 3.05) is 11.1 Å². The van der Waals surface area contributed by atoms with Gasteiger partial charge in [-0.1, -0.05) is 12.1 Å². The topological polar surface area (TPSA) is 72.5 Å². The number of anilines is 1. The number of amides is 1. The summed E-state index contributed by atoms with van der Waals surface area (Å²) in [6, 6.07) is 9.26. The second-order valence-electron chi connectivity index (χ2n) is 5.62. The lowest BCUT2D eigenvalue weighted by atomic mass is 10.1. The summed E-state index contributed by atoms with van der Waals surface area (Å²) in [7, 11) is 0. The Morgan fingerprint density at radius 3 is 2.59 bits per heavy atom. The van der Waals surface area contributed by atoms with Gasteiger partial charge < -0.3 is 10.1 Å². The van der Waals surface area contributed by atoms with Crippen molar-refractivity contribution in [2.24, 2.45) is 0 Å². The van der Waals surface area contributed by atoms with Crippen molar-refractivity contribution in [1.29, 1.82) is 0 Å². The van der Waals surface area contributed by atoms with Crippen LogP contribution in [0.4, 0.5) is 14.5 Å². The fraction of sp³-hybridized carbons (Fsp3) is 0.211. The average molecular weight is 393 g/mol. The monoisotopic (exact) mass is 393 g/mol. The number of hydrogen-bond donors (Lipinski definition) is 1. The molecule has 0 saturated carbocycles. The number of carbonyl (C=O) groups excluding carboxylic acids is 3. The highest BCUT2D eigenvalue weighted by atomic mass is 32.2. The van der Waals surface area contributed by atoms with E-state index in [0.717, 1.165) is 30.0 Å². The maximum Gasteiger partial charge on any atom is 0.317 e. The van der Waals surface area contributed by atoms with E-state index < -0.39 is 29.6 Å². The van der Waals surface area contributed by atoms with Crippen LogP contribution in [-0.4, -0.2) is 29.5 Å². The molecule has 142 valence electrons. The molecule has 0 aliphatic carbocycles. The van der Waals surface area contributed by atoms with Gasteiger partial charge in [0.25, 0.3) is 5.91 Å². The Kier molecular flexibility index (Phi) is 7.06. The number of ether oxygens (including phenoxy) is 1. The van der Waals surface area contributed by atoms with E-state index in [9.17, 15) is 23.2 Å². The van der Waals surface area contributed by atoms with Gasteiger partial charge in [-0.3, -0.25) is 14.4 Å². The first-order chi connectivity index (χ1) is 12.8. The molecule has 0 radical (unpaired) electrons. The lowest BCUT2D eigenvalue weighted by molar-refractivity contribution is -0.150. The molecule has 0 unspecified atom stereocenters. The van der Waals surface area contributed by atoms with Crippen LogP contribution >= 0.6 is 11.8 Å². The summed E-state index contributed by atoms with van der Waals surface area (Å²) in [5.74, 6) is -3.02. The molecule has 2 aromatic rings. The molecular formula is C19H17F2NO4S. The van der Waals surface area contributed by atoms with Gasteiger partial charge in [0, 0.05) is 16.1 Å². The first-order valence-electron chi connectivity index (χ1n) is 7.95. The number of Topliss-reactive ketones (excluding diaryl/α,β-unsaturated/α-hetero) is 1. The molecule has 2 rings (SSSR count). The number of thioether (sulfide) groups is 1. The molecule has 0 aliphatic heterocycles. The number of ketones is 1. The van der Waals surface area contributed by atoms with Gasteiger partial charge in [-0.2, -0.15) is 0 Å². The Morgan fingerprint density at radius 1 is 1.15 bits per heavy atom. The van der Waals surface area contributed by atoms with E-state index in [0.29, 0.717) is 11.3 Å². The molecule has 1 atom stereocenters. The van der Waals surface area contributed by atoms with Crippen LogP contribution in [0.2, 0.25) is 0 Å². The maximum atomic E-state index is 13.5. The maximum absolute atomic E-state index is 13.5. The van der Waals surface area contributed by atoms with Gasteiger partial charge >= 0.3 is 5.97 Å². The van der Waals surface area contributed by atoms with Crippen LogP contribution in [0.15, 0.2) is 47.4 Å². The second kappa shape index (κ2) is 9.27. The fourth-order valence-electron chi connectivity index (χ4n) is 2.07. The Hall–Kier alpha value is -2.74. The van der Waals surface area contributed by atoms with Gasteiger partial charge in [-0.05, 0) is 44.2 Å². The molecule has 0 saturated heterocycles. The minimum Gasteiger partial charge on any atom is -0.452 e. The predicted molar refractivity (Wildman–Crippen MR) is 97.7 cm³/mol. The standard InChI is InChI=1S/C19H17F2NO4S/c1-11(23)13-4-3-5-15(8-13)22-19(25)12(2)26-18(24)10-27-17-9-14(20)6-7-16(17)21/h3-9,12H,10H2,1-2H3,(H,22,25)/t12-/m0/s1. The number of hydrogen-bond acceptors (Lipinski definition) is 5. The summed E-state index contributed by atoms with van der Waals surface area (Å²) < 4.78 is 31.6. The normalized spacial score (nSPS) is 11.6. The molecule has 0 heterocycles. The fourth-order valence-corrected chi connectivity index (χ4v) is 2.81. The molecule has 0 bridgehead atoms. The van der Waals surface area contributed by atoms with Crippen molar-refractivity contribution >= 4 is 35.1 Å². The Bertz CT molecular complexity index is 873. The first kappa shape index (κ1) is 20.6. The highest BCUT2D eigenvalue weighted by Crippen LogP contribution is 2.23. The zero-order chi connectivity index (χ0) is 20.0. The van der Waals surface area contributed by atoms with Gasteiger partial charge in [0.05, 0.1) is 5.75 Å². The number of nitrogens with one attached hydrogen (secondary N) is 1. The minimum atomic E-state index is -1.10. The van der Waals surface area contributed by atoms with Crippen molar-refractivity contribution in [3.05, 3.63) is 59.7 Å². The summed E-state index contributed by atoms with van der Waals surface area (Å²) in [4.78, 5) is 35.3. The van der Waals surface area contributed by atoms with Crippen molar-refractivity contribution in [3.63, 3.8) is 0 Å². The third kappa shape index (κ3) is 6.18. The molecular weight excluding hydrogens is 376 g/mol. The number of halogens is 2. The van der Waals surface area contributed by atoms with Crippen LogP contribution in [-0.2, 0) is 14.3 Å². The van der Waals surface area contributed by atoms with Crippen LogP contribution in [0.3, 0.4) is 0 Å². The van der Waals surface area contributed by atoms with Gasteiger partial charge in [0.2, 0.25) is 0 Å². The minimum absolute atomic E-state index is 0.0231. The SMILES string of the molecule is CC(=O)c1cccc(NC(=O)[C@H](C)OC(=O)CSc2cc(F)ccc2F)c1. The summed E-state index contributed by atoms with van der Waals surface area (Å²) in [5.41, 5.74) is 0.831. The van der Waals surface area contributed by atoms with Crippen LogP contribution in [0.5, 0.6) is 0 Å². The third-order valence-electron chi connectivity index (χ3n) is 3.45. The molecule has 0 aliphatic rings. The molecule has 2 aromatic carbocycles. The molecule has 8 heteroatoms. The lowest BCUT2D eigenvalue weighted by Crippen LogP contribution is -2.30. The van der Waals surface area contributed by atoms with E-state index in [-0.39, 0.29) is 16.4 Å². The van der Waals surface area contributed by atoms with Crippen molar-refractivity contribution in [2.45, 2.75) is 24.8 Å². The molecule has 5 nitrogen and oxygen atoms in total. The smallest absolute Gasteiger partial charge is 0.317 e. The van der Waals surface area contributed by atoms with Gasteiger partial charge in [-0.15, -0.1) is 11.8 Å². The Balaban J connectivity index is 1.88. The lowest BCUT2D eigenvalue weighted by Gasteiger charge is -2.14. The van der Waals surface area contributed by atoms with Crippen molar-refractivity contribution in [3.8, 4) is 0 Å². The van der Waals surface area contributed by atoms with E-state index in [1.165, 1.54) is 19.9 Å². The molecule has 1 amide bonds. The van der Waals surface area contributed by atoms with Crippen molar-refractivity contribution in [1.82, 2.24) is 0 Å². The van der Waals surface area contributed by atoms with Crippen LogP contribution < -0.4 is 5.32 Å². The number of carbonyl (C=O) groups is 3. The Morgan fingerprint density at radius 2 is 1.89 bits per heavy atom. The van der Waals surface area contributed by atoms with Gasteiger partial charge in [-0.25, -0.2) is 8.78 Å². The first-order valence-corrected chi connectivity index (χ1v) is 8.94. The largest absolute Gasteiger partial charge is 0.452 e. The number of esters is 1. The highest BCUT2D eigenvalue weighted by Gasteiger charge is 2.19. The van der Waals surface area contributed by atoms with E-state index >= 15 is 0 Å².